The smallest absolute Gasteiger partial charge is 0.325 e. The van der Waals surface area contributed by atoms with Gasteiger partial charge in [0.2, 0.25) is 0 Å². The van der Waals surface area contributed by atoms with Gasteiger partial charge in [0.1, 0.15) is 47.7 Å². The molecular formula is C19H28N7O5S+. The van der Waals surface area contributed by atoms with Crippen molar-refractivity contribution in [3.8, 4) is 11.8 Å². The van der Waals surface area contributed by atoms with E-state index in [4.69, 9.17) is 21.9 Å². The highest BCUT2D eigenvalue weighted by Gasteiger charge is 2.47. The van der Waals surface area contributed by atoms with Gasteiger partial charge in [0.05, 0.1) is 6.33 Å². The van der Waals surface area contributed by atoms with Crippen LogP contribution in [0, 0.1) is 11.8 Å². The number of anilines is 1. The fourth-order valence-electron chi connectivity index (χ4n) is 3.33. The van der Waals surface area contributed by atoms with E-state index < -0.39 is 47.4 Å². The molecule has 0 aliphatic carbocycles. The monoisotopic (exact) mass is 466 g/mol. The number of imidazole rings is 1. The Hall–Kier alpha value is -2.47. The Morgan fingerprint density at radius 1 is 1.28 bits per heavy atom. The maximum Gasteiger partial charge on any atom is 0.325 e. The number of fused-ring (bicyclic) bond motifs is 1. The van der Waals surface area contributed by atoms with Crippen LogP contribution in [0.2, 0.25) is 0 Å². The van der Waals surface area contributed by atoms with E-state index in [0.717, 1.165) is 6.42 Å². The number of rotatable bonds is 9. The summed E-state index contributed by atoms with van der Waals surface area (Å²) in [4.78, 5) is 23.4. The third kappa shape index (κ3) is 5.47. The van der Waals surface area contributed by atoms with Crippen molar-refractivity contribution >= 4 is 33.8 Å². The number of unbranched alkanes of at least 4 members (excludes halogenated alkanes) is 1. The molecule has 0 amide bonds. The lowest BCUT2D eigenvalue weighted by molar-refractivity contribution is -0.137. The number of hydrogen-bond acceptors (Lipinski definition) is 10. The summed E-state index contributed by atoms with van der Waals surface area (Å²) in [6.07, 6.45) is -0.00606. The van der Waals surface area contributed by atoms with Crippen LogP contribution < -0.4 is 17.2 Å². The largest absolute Gasteiger partial charge is 0.480 e. The minimum absolute atomic E-state index is 0.187. The van der Waals surface area contributed by atoms with Crippen LogP contribution in [0.15, 0.2) is 12.7 Å². The van der Waals surface area contributed by atoms with Crippen molar-refractivity contribution in [3.05, 3.63) is 12.7 Å². The predicted molar refractivity (Wildman–Crippen MR) is 119 cm³/mol. The molecule has 6 atom stereocenters. The first-order valence-electron chi connectivity index (χ1n) is 10.1. The molecule has 0 spiro atoms. The third-order valence-corrected chi connectivity index (χ3v) is 7.22. The summed E-state index contributed by atoms with van der Waals surface area (Å²) in [5.74, 6) is 6.05. The first kappa shape index (κ1) is 24.2. The van der Waals surface area contributed by atoms with Crippen molar-refractivity contribution in [2.45, 2.75) is 43.4 Å². The Morgan fingerprint density at radius 3 is 2.78 bits per heavy atom. The third-order valence-electron chi connectivity index (χ3n) is 5.04. The topological polar surface area (TPSA) is 209 Å². The summed E-state index contributed by atoms with van der Waals surface area (Å²) >= 11 is 0. The number of aromatic nitrogens is 4. The molecular weight excluding hydrogens is 438 g/mol. The zero-order valence-corrected chi connectivity index (χ0v) is 18.2. The molecule has 1 fully saturated rings. The number of aliphatic hydroxyl groups excluding tert-OH is 2. The molecule has 1 aliphatic rings. The summed E-state index contributed by atoms with van der Waals surface area (Å²) in [7, 11) is -0.576. The van der Waals surface area contributed by atoms with E-state index in [1.807, 2.05) is 0 Å². The zero-order valence-electron chi connectivity index (χ0n) is 17.4. The summed E-state index contributed by atoms with van der Waals surface area (Å²) in [5, 5.41) is 30.5. The summed E-state index contributed by atoms with van der Waals surface area (Å²) in [6.45, 7) is 0.547. The van der Waals surface area contributed by atoms with E-state index in [0.29, 0.717) is 35.6 Å². The lowest BCUT2D eigenvalue weighted by atomic mass is 10.1. The molecule has 0 saturated carbocycles. The van der Waals surface area contributed by atoms with Gasteiger partial charge in [-0.25, -0.2) is 15.0 Å². The summed E-state index contributed by atoms with van der Waals surface area (Å²) in [5.41, 5.74) is 17.7. The second-order valence-corrected chi connectivity index (χ2v) is 9.59. The number of nitrogens with zero attached hydrogens (tertiary/aromatic N) is 4. The van der Waals surface area contributed by atoms with Crippen molar-refractivity contribution in [2.75, 3.05) is 29.5 Å². The van der Waals surface area contributed by atoms with Gasteiger partial charge in [-0.05, 0) is 18.9 Å². The van der Waals surface area contributed by atoms with Gasteiger partial charge in [-0.3, -0.25) is 9.36 Å². The molecule has 174 valence electrons. The molecule has 0 radical (unpaired) electrons. The number of carboxylic acids is 1. The van der Waals surface area contributed by atoms with E-state index >= 15 is 0 Å². The van der Waals surface area contributed by atoms with Crippen LogP contribution in [0.1, 0.15) is 19.1 Å². The molecule has 0 aromatic carbocycles. The van der Waals surface area contributed by atoms with Crippen LogP contribution in [0.4, 0.5) is 5.82 Å². The van der Waals surface area contributed by atoms with Crippen LogP contribution in [0.25, 0.3) is 11.2 Å². The Labute approximate surface area is 187 Å². The number of carboxylic acid groups (broad SMARTS) is 1. The van der Waals surface area contributed by atoms with Gasteiger partial charge in [-0.15, -0.1) is 0 Å². The molecule has 2 unspecified atom stereocenters. The number of carbonyl (C=O) groups is 1. The molecule has 13 heteroatoms. The average molecular weight is 467 g/mol. The molecule has 9 N–H and O–H groups in total. The van der Waals surface area contributed by atoms with Gasteiger partial charge >= 0.3 is 5.97 Å². The summed E-state index contributed by atoms with van der Waals surface area (Å²) < 4.78 is 7.47. The number of nitrogen functional groups attached to an aromatic ring is 1. The lowest BCUT2D eigenvalue weighted by Gasteiger charge is -2.16. The Balaban J connectivity index is 1.74. The Bertz CT molecular complexity index is 993. The van der Waals surface area contributed by atoms with Crippen molar-refractivity contribution < 1.29 is 24.9 Å². The van der Waals surface area contributed by atoms with Gasteiger partial charge in [0.25, 0.3) is 0 Å². The second-order valence-electron chi connectivity index (χ2n) is 7.41. The number of nitrogens with two attached hydrogens (primary N) is 3. The Morgan fingerprint density at radius 2 is 2.06 bits per heavy atom. The van der Waals surface area contributed by atoms with E-state index in [9.17, 15) is 20.1 Å². The van der Waals surface area contributed by atoms with Crippen LogP contribution in [0.5, 0.6) is 0 Å². The highest BCUT2D eigenvalue weighted by Crippen LogP contribution is 2.32. The minimum atomic E-state index is -1.25. The molecule has 3 heterocycles. The lowest BCUT2D eigenvalue weighted by Crippen LogP contribution is -2.42. The maximum absolute atomic E-state index is 11.2. The van der Waals surface area contributed by atoms with Gasteiger partial charge in [-0.1, -0.05) is 5.92 Å². The normalized spacial score (nSPS) is 24.8. The van der Waals surface area contributed by atoms with Gasteiger partial charge < -0.3 is 37.3 Å². The Kier molecular flexibility index (Phi) is 8.24. The average Bonchev–Trinajstić information content (AvgIpc) is 3.30. The number of hydrogen-bond donors (Lipinski definition) is 6. The molecule has 2 aromatic heterocycles. The predicted octanol–water partition coefficient (Wildman–Crippen LogP) is -2.20. The SMILES string of the molecule is NCCCC#CC[S+](C[C@H](N)C(=O)O)C[C@H]1O[C@@H](n2cnc3c(N)ncnc32)[C@@H](O)C1O. The molecule has 0 bridgehead atoms. The highest BCUT2D eigenvalue weighted by atomic mass is 32.2. The van der Waals surface area contributed by atoms with Crippen molar-refractivity contribution in [2.24, 2.45) is 11.5 Å². The molecule has 2 aromatic rings. The van der Waals surface area contributed by atoms with Crippen LogP contribution in [-0.2, 0) is 20.4 Å². The molecule has 3 rings (SSSR count). The van der Waals surface area contributed by atoms with Crippen LogP contribution >= 0.6 is 0 Å². The van der Waals surface area contributed by atoms with Crippen molar-refractivity contribution in [1.82, 2.24) is 19.5 Å². The van der Waals surface area contributed by atoms with E-state index in [2.05, 4.69) is 26.8 Å². The van der Waals surface area contributed by atoms with Gasteiger partial charge in [0.15, 0.2) is 23.4 Å². The van der Waals surface area contributed by atoms with Crippen LogP contribution in [-0.4, -0.2) is 89.0 Å². The molecule has 1 saturated heterocycles. The molecule has 1 aliphatic heterocycles. The minimum Gasteiger partial charge on any atom is -0.480 e. The first-order chi connectivity index (χ1) is 15.3. The van der Waals surface area contributed by atoms with E-state index in [1.54, 1.807) is 0 Å². The number of aliphatic hydroxyl groups is 2. The number of aliphatic carboxylic acids is 1. The zero-order chi connectivity index (χ0) is 23.3. The second kappa shape index (κ2) is 10.9. The van der Waals surface area contributed by atoms with Crippen LogP contribution in [0.3, 0.4) is 0 Å². The fraction of sp³-hybridized carbons (Fsp3) is 0.579. The molecule has 32 heavy (non-hydrogen) atoms. The standard InChI is InChI=1S/C19H27N7O5S/c20-5-3-1-2-4-6-32(7-11(21)19(29)30)8-12-14(27)15(28)18(31-12)26-10-25-13-16(22)23-9-24-17(13)26/h9-12,14-15,18,27-28H,1,3,5-8,20-21H2,(H2-,22,23,24,29,30)/p+1/t11-,12+,14?,15-,18+,32?/m0/s1. The van der Waals surface area contributed by atoms with Gasteiger partial charge in [0, 0.05) is 17.3 Å². The van der Waals surface area contributed by atoms with E-state index in [-0.39, 0.29) is 11.6 Å². The quantitative estimate of drug-likeness (QED) is 0.133. The van der Waals surface area contributed by atoms with Crippen molar-refractivity contribution in [3.63, 3.8) is 0 Å². The molecule has 12 nitrogen and oxygen atoms in total. The van der Waals surface area contributed by atoms with E-state index in [1.165, 1.54) is 17.2 Å². The van der Waals surface area contributed by atoms with Gasteiger partial charge in [-0.2, -0.15) is 0 Å². The first-order valence-corrected chi connectivity index (χ1v) is 11.8. The fourth-order valence-corrected chi connectivity index (χ4v) is 5.40. The summed E-state index contributed by atoms with van der Waals surface area (Å²) in [6, 6.07) is -1.05. The maximum atomic E-state index is 11.2. The number of ether oxygens (including phenoxy) is 1. The highest BCUT2D eigenvalue weighted by molar-refractivity contribution is 7.97. The van der Waals surface area contributed by atoms with Crippen molar-refractivity contribution in [1.29, 1.82) is 0 Å².